The number of rotatable bonds is 11. The summed E-state index contributed by atoms with van der Waals surface area (Å²) in [5.41, 5.74) is 2.13. The van der Waals surface area contributed by atoms with Crippen molar-refractivity contribution in [1.29, 1.82) is 0 Å². The van der Waals surface area contributed by atoms with Crippen molar-refractivity contribution >= 4 is 21.9 Å². The molecule has 0 bridgehead atoms. The molecule has 0 aliphatic heterocycles. The van der Waals surface area contributed by atoms with Crippen LogP contribution < -0.4 is 4.72 Å². The van der Waals surface area contributed by atoms with Crippen LogP contribution in [0.15, 0.2) is 4.52 Å². The van der Waals surface area contributed by atoms with E-state index in [1.165, 1.54) is 13.5 Å². The van der Waals surface area contributed by atoms with Gasteiger partial charge >= 0.3 is 5.97 Å². The summed E-state index contributed by atoms with van der Waals surface area (Å²) in [6, 6.07) is 0. The summed E-state index contributed by atoms with van der Waals surface area (Å²) in [5, 5.41) is 3.96. The van der Waals surface area contributed by atoms with E-state index in [2.05, 4.69) is 30.6 Å². The molecule has 34 heavy (non-hydrogen) atoms. The van der Waals surface area contributed by atoms with Crippen molar-refractivity contribution in [1.82, 2.24) is 9.88 Å². The number of nitrogens with one attached hydrogen (secondary N) is 1. The Morgan fingerprint density at radius 1 is 1.15 bits per heavy atom. The van der Waals surface area contributed by atoms with Crippen LogP contribution in [0.5, 0.6) is 0 Å². The van der Waals surface area contributed by atoms with Crippen LogP contribution in [0.2, 0.25) is 0 Å². The van der Waals surface area contributed by atoms with Crippen LogP contribution in [0.1, 0.15) is 120 Å². The van der Waals surface area contributed by atoms with E-state index in [0.717, 1.165) is 42.7 Å². The smallest absolute Gasteiger partial charge is 0.305 e. The fourth-order valence-corrected chi connectivity index (χ4v) is 6.62. The Labute approximate surface area is 202 Å². The minimum atomic E-state index is -3.62. The van der Waals surface area contributed by atoms with Crippen molar-refractivity contribution in [2.24, 2.45) is 11.3 Å². The molecule has 0 unspecified atom stereocenters. The van der Waals surface area contributed by atoms with Crippen LogP contribution in [0.4, 0.5) is 0 Å². The van der Waals surface area contributed by atoms with Gasteiger partial charge in [0.15, 0.2) is 0 Å². The molecule has 8 nitrogen and oxygen atoms in total. The van der Waals surface area contributed by atoms with Gasteiger partial charge in [0.05, 0.1) is 18.1 Å². The minimum absolute atomic E-state index is 0.0496. The first-order chi connectivity index (χ1) is 16.0. The van der Waals surface area contributed by atoms with E-state index in [4.69, 9.17) is 9.26 Å². The Hall–Kier alpha value is -1.90. The number of hydrogen-bond acceptors (Lipinski definition) is 7. The lowest BCUT2D eigenvalue weighted by Crippen LogP contribution is -2.34. The molecule has 190 valence electrons. The molecule has 1 amide bonds. The fourth-order valence-electron chi connectivity index (χ4n) is 5.29. The van der Waals surface area contributed by atoms with Crippen molar-refractivity contribution < 1.29 is 27.3 Å². The average molecular weight is 495 g/mol. The largest absolute Gasteiger partial charge is 0.469 e. The van der Waals surface area contributed by atoms with Crippen LogP contribution in [0, 0.1) is 11.3 Å². The number of esters is 1. The maximum absolute atomic E-state index is 12.7. The minimum Gasteiger partial charge on any atom is -0.469 e. The number of nitrogens with zero attached hydrogens (tertiary/aromatic N) is 1. The first-order valence-corrected chi connectivity index (χ1v) is 14.1. The maximum Gasteiger partial charge on any atom is 0.305 e. The van der Waals surface area contributed by atoms with E-state index in [9.17, 15) is 18.0 Å². The van der Waals surface area contributed by atoms with Gasteiger partial charge in [-0.3, -0.25) is 14.3 Å². The van der Waals surface area contributed by atoms with Gasteiger partial charge in [-0.15, -0.1) is 0 Å². The highest BCUT2D eigenvalue weighted by Crippen LogP contribution is 2.53. The molecule has 3 aliphatic rings. The second-order valence-corrected chi connectivity index (χ2v) is 13.7. The third-order valence-electron chi connectivity index (χ3n) is 7.24. The van der Waals surface area contributed by atoms with Crippen LogP contribution in [0.3, 0.4) is 0 Å². The summed E-state index contributed by atoms with van der Waals surface area (Å²) >= 11 is 0. The Kier molecular flexibility index (Phi) is 7.14. The molecule has 3 aliphatic carbocycles. The van der Waals surface area contributed by atoms with E-state index in [1.54, 1.807) is 0 Å². The molecule has 1 atom stereocenters. The SMILES string of the molecule is COC(=O)CC[C@@H](CC(=O)NS(=O)(=O)C1CC1)c1noc([C@H]2C[C@@H](CC(C)(C)C)C2)c1C1CC1. The highest BCUT2D eigenvalue weighted by Gasteiger charge is 2.43. The van der Waals surface area contributed by atoms with Gasteiger partial charge in [-0.25, -0.2) is 8.42 Å². The van der Waals surface area contributed by atoms with Crippen LogP contribution in [0.25, 0.3) is 0 Å². The molecule has 0 radical (unpaired) electrons. The molecular formula is C25H38N2O6S. The van der Waals surface area contributed by atoms with Gasteiger partial charge in [-0.1, -0.05) is 25.9 Å². The Morgan fingerprint density at radius 3 is 2.38 bits per heavy atom. The van der Waals surface area contributed by atoms with Gasteiger partial charge in [0, 0.05) is 30.2 Å². The Bertz CT molecular complexity index is 1010. The highest BCUT2D eigenvalue weighted by atomic mass is 32.2. The number of amides is 1. The zero-order valence-electron chi connectivity index (χ0n) is 20.8. The number of carbonyl (C=O) groups excluding carboxylic acids is 2. The molecule has 1 aromatic heterocycles. The molecule has 1 aromatic rings. The molecule has 1 N–H and O–H groups in total. The van der Waals surface area contributed by atoms with Gasteiger partial charge in [-0.05, 0) is 68.6 Å². The topological polar surface area (TPSA) is 116 Å². The molecule has 3 fully saturated rings. The molecule has 0 spiro atoms. The molecule has 0 aromatic carbocycles. The van der Waals surface area contributed by atoms with Crippen molar-refractivity contribution in [3.05, 3.63) is 17.0 Å². The van der Waals surface area contributed by atoms with Gasteiger partial charge in [0.25, 0.3) is 0 Å². The fraction of sp³-hybridized carbons (Fsp3) is 0.800. The number of sulfonamides is 1. The zero-order chi connectivity index (χ0) is 24.7. The quantitative estimate of drug-likeness (QED) is 0.450. The van der Waals surface area contributed by atoms with E-state index >= 15 is 0 Å². The number of methoxy groups -OCH3 is 1. The monoisotopic (exact) mass is 494 g/mol. The summed E-state index contributed by atoms with van der Waals surface area (Å²) in [7, 11) is -2.29. The molecule has 4 rings (SSSR count). The van der Waals surface area contributed by atoms with E-state index in [0.29, 0.717) is 42.4 Å². The van der Waals surface area contributed by atoms with Gasteiger partial charge in [0.1, 0.15) is 5.76 Å². The first-order valence-electron chi connectivity index (χ1n) is 12.6. The molecule has 9 heteroatoms. The number of carbonyl (C=O) groups is 2. The van der Waals surface area contributed by atoms with E-state index < -0.39 is 27.1 Å². The van der Waals surface area contributed by atoms with Gasteiger partial charge in [-0.2, -0.15) is 0 Å². The normalized spacial score (nSPS) is 23.8. The summed E-state index contributed by atoms with van der Waals surface area (Å²) in [5.74, 6) is 1.02. The average Bonchev–Trinajstić information content (AvgIpc) is 3.63. The second-order valence-electron chi connectivity index (χ2n) is 11.7. The lowest BCUT2D eigenvalue weighted by molar-refractivity contribution is -0.141. The van der Waals surface area contributed by atoms with Gasteiger partial charge in [0.2, 0.25) is 15.9 Å². The summed E-state index contributed by atoms with van der Waals surface area (Å²) < 4.78 is 37.4. The summed E-state index contributed by atoms with van der Waals surface area (Å²) in [4.78, 5) is 24.6. The standard InChI is InChI=1S/C25H38N2O6S/c1-25(2,3)14-15-11-18(12-15)24-22(16-5-6-16)23(26-33-24)17(7-10-21(29)32-4)13-20(28)27-34(30,31)19-8-9-19/h15-19H,5-14H2,1-4H3,(H,27,28)/t15-,17-,18+/m0/s1. The molecule has 3 saturated carbocycles. The lowest BCUT2D eigenvalue weighted by atomic mass is 9.66. The predicted octanol–water partition coefficient (Wildman–Crippen LogP) is 4.52. The number of aromatic nitrogens is 1. The van der Waals surface area contributed by atoms with Crippen LogP contribution >= 0.6 is 0 Å². The Balaban J connectivity index is 1.51. The first kappa shape index (κ1) is 25.2. The van der Waals surface area contributed by atoms with Crippen molar-refractivity contribution in [3.8, 4) is 0 Å². The number of hydrogen-bond donors (Lipinski definition) is 1. The molecule has 1 heterocycles. The Morgan fingerprint density at radius 2 is 1.82 bits per heavy atom. The number of ether oxygens (including phenoxy) is 1. The van der Waals surface area contributed by atoms with E-state index in [-0.39, 0.29) is 18.8 Å². The van der Waals surface area contributed by atoms with Gasteiger partial charge < -0.3 is 9.26 Å². The maximum atomic E-state index is 12.7. The summed E-state index contributed by atoms with van der Waals surface area (Å²) in [6.07, 6.45) is 7.08. The van der Waals surface area contributed by atoms with Crippen molar-refractivity contribution in [3.63, 3.8) is 0 Å². The highest BCUT2D eigenvalue weighted by molar-refractivity contribution is 7.90. The molecule has 0 saturated heterocycles. The zero-order valence-corrected chi connectivity index (χ0v) is 21.6. The third-order valence-corrected chi connectivity index (χ3v) is 9.10. The molecular weight excluding hydrogens is 456 g/mol. The second kappa shape index (κ2) is 9.63. The predicted molar refractivity (Wildman–Crippen MR) is 127 cm³/mol. The third kappa shape index (κ3) is 6.20. The van der Waals surface area contributed by atoms with Crippen molar-refractivity contribution in [2.45, 2.75) is 108 Å². The van der Waals surface area contributed by atoms with E-state index in [1.807, 2.05) is 0 Å². The summed E-state index contributed by atoms with van der Waals surface area (Å²) in [6.45, 7) is 6.80. The van der Waals surface area contributed by atoms with Crippen LogP contribution in [-0.4, -0.2) is 37.8 Å². The van der Waals surface area contributed by atoms with Crippen LogP contribution in [-0.2, 0) is 24.3 Å². The lowest BCUT2D eigenvalue weighted by Gasteiger charge is -2.38. The van der Waals surface area contributed by atoms with Crippen molar-refractivity contribution in [2.75, 3.05) is 7.11 Å².